The van der Waals surface area contributed by atoms with Crippen LogP contribution in [0.5, 0.6) is 0 Å². The molecule has 2 aromatic rings. The van der Waals surface area contributed by atoms with Crippen LogP contribution in [0.25, 0.3) is 0 Å². The van der Waals surface area contributed by atoms with Gasteiger partial charge < -0.3 is 5.32 Å². The highest BCUT2D eigenvalue weighted by Gasteiger charge is 2.40. The van der Waals surface area contributed by atoms with Crippen LogP contribution in [0, 0.1) is 16.0 Å². The van der Waals surface area contributed by atoms with Gasteiger partial charge in [-0.05, 0) is 24.0 Å². The van der Waals surface area contributed by atoms with Gasteiger partial charge in [-0.1, -0.05) is 54.1 Å². The highest BCUT2D eigenvalue weighted by Crippen LogP contribution is 2.52. The third-order valence-corrected chi connectivity index (χ3v) is 5.13. The van der Waals surface area contributed by atoms with Crippen molar-refractivity contribution in [3.63, 3.8) is 0 Å². The summed E-state index contributed by atoms with van der Waals surface area (Å²) in [6, 6.07) is 12.7. The smallest absolute Gasteiger partial charge is 0.274 e. The molecule has 0 unspecified atom stereocenters. The second-order valence-corrected chi connectivity index (χ2v) is 6.40. The Morgan fingerprint density at radius 1 is 1.13 bits per heavy atom. The fraction of sp³-hybridized carbons (Fsp3) is 0.222. The quantitative estimate of drug-likeness (QED) is 0.476. The molecule has 4 rings (SSSR count). The molecule has 116 valence electrons. The van der Waals surface area contributed by atoms with E-state index in [0.717, 1.165) is 17.7 Å². The number of nitrogens with zero attached hydrogens (tertiary/aromatic N) is 1. The maximum Gasteiger partial charge on any atom is 0.274 e. The Morgan fingerprint density at radius 3 is 2.74 bits per heavy atom. The van der Waals surface area contributed by atoms with E-state index < -0.39 is 0 Å². The summed E-state index contributed by atoms with van der Waals surface area (Å²) in [4.78, 5) is 11.1. The number of benzene rings is 2. The van der Waals surface area contributed by atoms with Gasteiger partial charge in [-0.25, -0.2) is 0 Å². The van der Waals surface area contributed by atoms with E-state index in [-0.39, 0.29) is 28.5 Å². The van der Waals surface area contributed by atoms with E-state index in [1.54, 1.807) is 12.1 Å². The van der Waals surface area contributed by atoms with Gasteiger partial charge in [0, 0.05) is 12.0 Å². The maximum atomic E-state index is 11.4. The highest BCUT2D eigenvalue weighted by atomic mass is 35.5. The summed E-state index contributed by atoms with van der Waals surface area (Å²) in [5, 5.41) is 15.5. The third-order valence-electron chi connectivity index (χ3n) is 4.81. The number of nitro benzene ring substituents is 1. The molecule has 0 spiro atoms. The van der Waals surface area contributed by atoms with Gasteiger partial charge in [0.1, 0.15) is 0 Å². The largest absolute Gasteiger partial charge is 0.376 e. The Kier molecular flexibility index (Phi) is 3.34. The average molecular weight is 327 g/mol. The zero-order chi connectivity index (χ0) is 16.0. The lowest BCUT2D eigenvalue weighted by atomic mass is 9.76. The zero-order valence-electron chi connectivity index (χ0n) is 12.3. The lowest BCUT2D eigenvalue weighted by molar-refractivity contribution is -0.385. The van der Waals surface area contributed by atoms with Crippen molar-refractivity contribution in [1.82, 2.24) is 0 Å². The van der Waals surface area contributed by atoms with Crippen molar-refractivity contribution in [2.24, 2.45) is 5.92 Å². The molecule has 1 aliphatic carbocycles. The summed E-state index contributed by atoms with van der Waals surface area (Å²) in [7, 11) is 0. The molecule has 2 aliphatic rings. The molecule has 1 N–H and O–H groups in total. The fourth-order valence-electron chi connectivity index (χ4n) is 3.81. The molecule has 3 atom stereocenters. The number of halogens is 1. The van der Waals surface area contributed by atoms with Crippen molar-refractivity contribution in [2.75, 3.05) is 5.32 Å². The van der Waals surface area contributed by atoms with E-state index in [1.165, 1.54) is 5.56 Å². The molecule has 5 heteroatoms. The molecule has 0 fully saturated rings. The predicted molar refractivity (Wildman–Crippen MR) is 90.9 cm³/mol. The number of allylic oxidation sites excluding steroid dienone is 2. The molecule has 4 nitrogen and oxygen atoms in total. The fourth-order valence-corrected chi connectivity index (χ4v) is 4.04. The molecule has 0 saturated heterocycles. The van der Waals surface area contributed by atoms with E-state index >= 15 is 0 Å². The van der Waals surface area contributed by atoms with Gasteiger partial charge in [-0.3, -0.25) is 10.1 Å². The Labute approximate surface area is 138 Å². The molecule has 0 radical (unpaired) electrons. The third kappa shape index (κ3) is 2.21. The van der Waals surface area contributed by atoms with Crippen LogP contribution in [0.15, 0.2) is 54.6 Å². The van der Waals surface area contributed by atoms with Crippen LogP contribution < -0.4 is 5.32 Å². The van der Waals surface area contributed by atoms with Crippen molar-refractivity contribution >= 4 is 23.0 Å². The van der Waals surface area contributed by atoms with E-state index in [0.29, 0.717) is 5.02 Å². The number of para-hydroxylation sites is 2. The van der Waals surface area contributed by atoms with Crippen LogP contribution in [0.1, 0.15) is 29.5 Å². The first kappa shape index (κ1) is 14.3. The van der Waals surface area contributed by atoms with Crippen molar-refractivity contribution < 1.29 is 4.92 Å². The van der Waals surface area contributed by atoms with Crippen LogP contribution in [0.2, 0.25) is 5.02 Å². The van der Waals surface area contributed by atoms with E-state index in [2.05, 4.69) is 23.5 Å². The normalized spacial score (nSPS) is 24.7. The SMILES string of the molecule is O=[N+]([O-])c1ccccc1[C@@H]1Nc2c(Cl)cccc2[C@H]2C=CC[C@H]21. The number of hydrogen-bond acceptors (Lipinski definition) is 3. The van der Waals surface area contributed by atoms with Crippen LogP contribution >= 0.6 is 11.6 Å². The number of nitro groups is 1. The van der Waals surface area contributed by atoms with Gasteiger partial charge in [0.05, 0.1) is 27.2 Å². The number of fused-ring (bicyclic) bond motifs is 3. The van der Waals surface area contributed by atoms with Crippen molar-refractivity contribution in [1.29, 1.82) is 0 Å². The van der Waals surface area contributed by atoms with Gasteiger partial charge in [0.2, 0.25) is 0 Å². The summed E-state index contributed by atoms with van der Waals surface area (Å²) >= 11 is 6.37. The first-order chi connectivity index (χ1) is 11.2. The summed E-state index contributed by atoms with van der Waals surface area (Å²) in [5.41, 5.74) is 2.95. The number of hydrogen-bond donors (Lipinski definition) is 1. The van der Waals surface area contributed by atoms with Crippen LogP contribution in [0.3, 0.4) is 0 Å². The van der Waals surface area contributed by atoms with Gasteiger partial charge >= 0.3 is 0 Å². The number of rotatable bonds is 2. The minimum atomic E-state index is -0.309. The minimum absolute atomic E-state index is 0.121. The Morgan fingerprint density at radius 2 is 1.91 bits per heavy atom. The Balaban J connectivity index is 1.86. The van der Waals surface area contributed by atoms with Crippen molar-refractivity contribution in [3.05, 3.63) is 80.9 Å². The highest BCUT2D eigenvalue weighted by molar-refractivity contribution is 6.33. The molecule has 2 aromatic carbocycles. The maximum absolute atomic E-state index is 11.4. The summed E-state index contributed by atoms with van der Waals surface area (Å²) in [5.74, 6) is 0.511. The van der Waals surface area contributed by atoms with E-state index in [1.807, 2.05) is 24.3 Å². The number of anilines is 1. The van der Waals surface area contributed by atoms with Gasteiger partial charge in [0.25, 0.3) is 5.69 Å². The molecular formula is C18H15ClN2O2. The van der Waals surface area contributed by atoms with E-state index in [9.17, 15) is 10.1 Å². The van der Waals surface area contributed by atoms with Crippen molar-refractivity contribution in [3.8, 4) is 0 Å². The summed E-state index contributed by atoms with van der Waals surface area (Å²) in [6.45, 7) is 0. The first-order valence-corrected chi connectivity index (χ1v) is 7.99. The van der Waals surface area contributed by atoms with Crippen LogP contribution in [0.4, 0.5) is 11.4 Å². The van der Waals surface area contributed by atoms with Crippen molar-refractivity contribution in [2.45, 2.75) is 18.4 Å². The molecule has 1 aliphatic heterocycles. The molecule has 0 amide bonds. The Bertz CT molecular complexity index is 818. The lowest BCUT2D eigenvalue weighted by Gasteiger charge is -2.37. The second-order valence-electron chi connectivity index (χ2n) is 6.00. The standard InChI is InChI=1S/C18H15ClN2O2/c19-15-9-4-8-13-11-6-3-7-12(11)17(20-18(13)15)14-5-1-2-10-16(14)21(22)23/h1-6,8-12,17,20H,7H2/t11-,12+,17+/m0/s1. The van der Waals surface area contributed by atoms with Gasteiger partial charge in [0.15, 0.2) is 0 Å². The molecule has 1 heterocycles. The van der Waals surface area contributed by atoms with Gasteiger partial charge in [-0.2, -0.15) is 0 Å². The summed E-state index contributed by atoms with van der Waals surface area (Å²) in [6.07, 6.45) is 5.26. The topological polar surface area (TPSA) is 55.2 Å². The number of nitrogens with one attached hydrogen (secondary N) is 1. The Hall–Kier alpha value is -2.33. The molecule has 0 aromatic heterocycles. The monoisotopic (exact) mass is 326 g/mol. The van der Waals surface area contributed by atoms with E-state index in [4.69, 9.17) is 11.6 Å². The lowest BCUT2D eigenvalue weighted by Crippen LogP contribution is -2.29. The molecule has 0 bridgehead atoms. The molecule has 0 saturated carbocycles. The predicted octanol–water partition coefficient (Wildman–Crippen LogP) is 5.07. The van der Waals surface area contributed by atoms with Crippen LogP contribution in [-0.4, -0.2) is 4.92 Å². The van der Waals surface area contributed by atoms with Crippen LogP contribution in [-0.2, 0) is 0 Å². The first-order valence-electron chi connectivity index (χ1n) is 7.61. The minimum Gasteiger partial charge on any atom is -0.376 e. The zero-order valence-corrected chi connectivity index (χ0v) is 13.0. The van der Waals surface area contributed by atoms with Gasteiger partial charge in [-0.15, -0.1) is 0 Å². The molecular weight excluding hydrogens is 312 g/mol. The summed E-state index contributed by atoms with van der Waals surface area (Å²) < 4.78 is 0. The molecule has 23 heavy (non-hydrogen) atoms. The average Bonchev–Trinajstić information content (AvgIpc) is 3.04. The second kappa shape index (κ2) is 5.39.